The number of nitrogens with zero attached hydrogens (tertiary/aromatic N) is 1. The fourth-order valence-electron chi connectivity index (χ4n) is 0.747. The maximum atomic E-state index is 10.8. The molecule has 1 amide bonds. The molecule has 0 unspecified atom stereocenters. The number of nitrogens with one attached hydrogen (secondary N) is 1. The van der Waals surface area contributed by atoms with Crippen LogP contribution in [0.4, 0.5) is 5.69 Å². The molecule has 0 radical (unpaired) electrons. The van der Waals surface area contributed by atoms with E-state index in [1.165, 1.54) is 10.6 Å². The van der Waals surface area contributed by atoms with E-state index >= 15 is 0 Å². The first-order valence-corrected chi connectivity index (χ1v) is 3.11. The van der Waals surface area contributed by atoms with Crippen LogP contribution >= 0.6 is 0 Å². The predicted molar refractivity (Wildman–Crippen MR) is 41.4 cm³/mol. The number of pyridine rings is 1. The van der Waals surface area contributed by atoms with Crippen molar-refractivity contribution in [2.75, 3.05) is 5.32 Å². The van der Waals surface area contributed by atoms with Gasteiger partial charge in [0.2, 0.25) is 12.0 Å². The Morgan fingerprint density at radius 1 is 1.55 bits per heavy atom. The average molecular weight is 152 g/mol. The molecule has 0 saturated carbocycles. The number of carbonyl (C=O) groups is 1. The minimum Gasteiger partial charge on any atom is -0.327 e. The zero-order chi connectivity index (χ0) is 8.27. The highest BCUT2D eigenvalue weighted by Crippen LogP contribution is 1.98. The van der Waals surface area contributed by atoms with Gasteiger partial charge in [-0.05, 0) is 6.07 Å². The maximum Gasteiger partial charge on any atom is 0.250 e. The van der Waals surface area contributed by atoms with E-state index in [2.05, 4.69) is 5.32 Å². The van der Waals surface area contributed by atoms with Crippen LogP contribution in [0.5, 0.6) is 0 Å². The van der Waals surface area contributed by atoms with Gasteiger partial charge in [-0.25, -0.2) is 0 Å². The highest BCUT2D eigenvalue weighted by molar-refractivity contribution is 5.70. The van der Waals surface area contributed by atoms with Gasteiger partial charge in [-0.15, -0.1) is 0 Å². The lowest BCUT2D eigenvalue weighted by Gasteiger charge is -1.99. The summed E-state index contributed by atoms with van der Waals surface area (Å²) in [6.45, 7) is 0. The van der Waals surface area contributed by atoms with E-state index < -0.39 is 0 Å². The molecule has 4 nitrogen and oxygen atoms in total. The highest BCUT2D eigenvalue weighted by Gasteiger charge is 1.91. The van der Waals surface area contributed by atoms with E-state index in [0.717, 1.165) is 0 Å². The van der Waals surface area contributed by atoms with Crippen LogP contribution in [0.3, 0.4) is 0 Å². The monoisotopic (exact) mass is 152 g/mol. The fourth-order valence-corrected chi connectivity index (χ4v) is 0.747. The maximum absolute atomic E-state index is 10.8. The van der Waals surface area contributed by atoms with Gasteiger partial charge in [0.1, 0.15) is 0 Å². The Kier molecular flexibility index (Phi) is 2.06. The molecule has 1 N–H and O–H groups in total. The molecule has 0 saturated heterocycles. The SMILES string of the molecule is Cn1cc(NC=O)ccc1=O. The lowest BCUT2D eigenvalue weighted by molar-refractivity contribution is -0.105. The van der Waals surface area contributed by atoms with Gasteiger partial charge in [0.25, 0.3) is 0 Å². The van der Waals surface area contributed by atoms with Crippen molar-refractivity contribution in [3.8, 4) is 0 Å². The Morgan fingerprint density at radius 2 is 2.27 bits per heavy atom. The van der Waals surface area contributed by atoms with Gasteiger partial charge in [0.15, 0.2) is 0 Å². The molecule has 0 aliphatic carbocycles. The largest absolute Gasteiger partial charge is 0.327 e. The third-order valence-electron chi connectivity index (χ3n) is 1.31. The van der Waals surface area contributed by atoms with Crippen LogP contribution in [-0.2, 0) is 11.8 Å². The first kappa shape index (κ1) is 7.53. The Balaban J connectivity index is 3.04. The molecule has 0 aliphatic heterocycles. The summed E-state index contributed by atoms with van der Waals surface area (Å²) in [7, 11) is 1.62. The molecule has 0 spiro atoms. The molecule has 0 aromatic carbocycles. The molecule has 0 atom stereocenters. The molecule has 0 fully saturated rings. The highest BCUT2D eigenvalue weighted by atomic mass is 16.1. The Hall–Kier alpha value is -1.58. The molecule has 4 heteroatoms. The predicted octanol–water partition coefficient (Wildman–Crippen LogP) is -0.0464. The van der Waals surface area contributed by atoms with Gasteiger partial charge in [-0.3, -0.25) is 9.59 Å². The van der Waals surface area contributed by atoms with Crippen LogP contribution in [0.1, 0.15) is 0 Å². The van der Waals surface area contributed by atoms with Crippen LogP contribution in [0.2, 0.25) is 0 Å². The molecule has 1 rings (SSSR count). The quantitative estimate of drug-likeness (QED) is 0.604. The minimum absolute atomic E-state index is 0.0959. The van der Waals surface area contributed by atoms with Crippen molar-refractivity contribution in [1.29, 1.82) is 0 Å². The van der Waals surface area contributed by atoms with E-state index in [0.29, 0.717) is 12.1 Å². The van der Waals surface area contributed by atoms with Crippen molar-refractivity contribution in [3.05, 3.63) is 28.7 Å². The summed E-state index contributed by atoms with van der Waals surface area (Å²) in [5, 5.41) is 2.44. The van der Waals surface area contributed by atoms with Gasteiger partial charge >= 0.3 is 0 Å². The van der Waals surface area contributed by atoms with E-state index in [4.69, 9.17) is 0 Å². The number of aryl methyl sites for hydroxylation is 1. The van der Waals surface area contributed by atoms with E-state index in [-0.39, 0.29) is 5.56 Å². The number of aromatic nitrogens is 1. The Bertz CT molecular complexity index is 316. The van der Waals surface area contributed by atoms with Crippen LogP contribution in [0.25, 0.3) is 0 Å². The second-order valence-corrected chi connectivity index (χ2v) is 2.13. The van der Waals surface area contributed by atoms with Crippen LogP contribution in [-0.4, -0.2) is 11.0 Å². The standard InChI is InChI=1S/C7H8N2O2/c1-9-4-6(8-5-10)2-3-7(9)11/h2-5H,1H3,(H,8,10). The van der Waals surface area contributed by atoms with Crippen molar-refractivity contribution in [3.63, 3.8) is 0 Å². The summed E-state index contributed by atoms with van der Waals surface area (Å²) in [5.74, 6) is 0. The first-order chi connectivity index (χ1) is 5.24. The molecular formula is C7H8N2O2. The number of hydrogen-bond acceptors (Lipinski definition) is 2. The smallest absolute Gasteiger partial charge is 0.250 e. The van der Waals surface area contributed by atoms with Gasteiger partial charge in [0, 0.05) is 19.3 Å². The second-order valence-electron chi connectivity index (χ2n) is 2.13. The summed E-state index contributed by atoms with van der Waals surface area (Å²) >= 11 is 0. The fraction of sp³-hybridized carbons (Fsp3) is 0.143. The third kappa shape index (κ3) is 1.67. The number of amides is 1. The lowest BCUT2D eigenvalue weighted by Crippen LogP contribution is -2.14. The summed E-state index contributed by atoms with van der Waals surface area (Å²) in [6.07, 6.45) is 2.12. The molecule has 0 bridgehead atoms. The van der Waals surface area contributed by atoms with E-state index in [1.807, 2.05) is 0 Å². The normalized spacial score (nSPS) is 9.18. The van der Waals surface area contributed by atoms with Gasteiger partial charge < -0.3 is 9.88 Å². The number of anilines is 1. The van der Waals surface area contributed by atoms with Crippen LogP contribution in [0.15, 0.2) is 23.1 Å². The van der Waals surface area contributed by atoms with Crippen LogP contribution in [0, 0.1) is 0 Å². The molecule has 1 aromatic heterocycles. The minimum atomic E-state index is -0.0959. The van der Waals surface area contributed by atoms with Crippen LogP contribution < -0.4 is 10.9 Å². The van der Waals surface area contributed by atoms with Crippen molar-refractivity contribution in [2.45, 2.75) is 0 Å². The number of hydrogen-bond donors (Lipinski definition) is 1. The summed E-state index contributed by atoms with van der Waals surface area (Å²) in [5.41, 5.74) is 0.517. The summed E-state index contributed by atoms with van der Waals surface area (Å²) in [6, 6.07) is 2.95. The zero-order valence-corrected chi connectivity index (χ0v) is 6.07. The molecule has 58 valence electrons. The van der Waals surface area contributed by atoms with Gasteiger partial charge in [-0.1, -0.05) is 0 Å². The number of carbonyl (C=O) groups excluding carboxylic acids is 1. The molecule has 11 heavy (non-hydrogen) atoms. The molecule has 0 aliphatic rings. The average Bonchev–Trinajstić information content (AvgIpc) is 1.98. The van der Waals surface area contributed by atoms with E-state index in [9.17, 15) is 9.59 Å². The Morgan fingerprint density at radius 3 is 2.82 bits per heavy atom. The lowest BCUT2D eigenvalue weighted by atomic mass is 10.4. The third-order valence-corrected chi connectivity index (χ3v) is 1.31. The van der Waals surface area contributed by atoms with E-state index in [1.54, 1.807) is 19.3 Å². The molecular weight excluding hydrogens is 144 g/mol. The summed E-state index contributed by atoms with van der Waals surface area (Å²) in [4.78, 5) is 20.8. The van der Waals surface area contributed by atoms with Gasteiger partial charge in [0.05, 0.1) is 5.69 Å². The van der Waals surface area contributed by atoms with Crippen molar-refractivity contribution in [1.82, 2.24) is 4.57 Å². The molecule has 1 aromatic rings. The summed E-state index contributed by atoms with van der Waals surface area (Å²) < 4.78 is 1.39. The second kappa shape index (κ2) is 3.01. The number of rotatable bonds is 2. The zero-order valence-electron chi connectivity index (χ0n) is 6.07. The molecule has 1 heterocycles. The van der Waals surface area contributed by atoms with Crippen molar-refractivity contribution >= 4 is 12.1 Å². The Labute approximate surface area is 63.5 Å². The van der Waals surface area contributed by atoms with Crippen molar-refractivity contribution in [2.24, 2.45) is 7.05 Å². The topological polar surface area (TPSA) is 51.1 Å². The van der Waals surface area contributed by atoms with Gasteiger partial charge in [-0.2, -0.15) is 0 Å². The first-order valence-electron chi connectivity index (χ1n) is 3.11. The van der Waals surface area contributed by atoms with Crippen molar-refractivity contribution < 1.29 is 4.79 Å².